The molecule has 0 saturated heterocycles. The first-order valence-corrected chi connectivity index (χ1v) is 8.58. The highest BCUT2D eigenvalue weighted by Gasteiger charge is 2.33. The Balaban J connectivity index is 1.85. The zero-order valence-electron chi connectivity index (χ0n) is 15.2. The van der Waals surface area contributed by atoms with Gasteiger partial charge in [-0.3, -0.25) is 4.79 Å². The zero-order valence-corrected chi connectivity index (χ0v) is 15.2. The molecule has 7 heteroatoms. The molecule has 0 spiro atoms. The van der Waals surface area contributed by atoms with E-state index in [1.54, 1.807) is 37.3 Å². The molecule has 0 unspecified atom stereocenters. The zero-order chi connectivity index (χ0) is 19.4. The minimum atomic E-state index is -2.93. The Labute approximate surface area is 156 Å². The van der Waals surface area contributed by atoms with Crippen molar-refractivity contribution in [3.8, 4) is 17.2 Å². The summed E-state index contributed by atoms with van der Waals surface area (Å²) in [7, 11) is 3.14. The van der Waals surface area contributed by atoms with Crippen LogP contribution in [0.25, 0.3) is 0 Å². The van der Waals surface area contributed by atoms with Crippen molar-refractivity contribution in [2.24, 2.45) is 0 Å². The van der Waals surface area contributed by atoms with E-state index in [0.717, 1.165) is 18.4 Å². The molecule has 0 radical (unpaired) electrons. The van der Waals surface area contributed by atoms with E-state index in [2.05, 4.69) is 4.74 Å². The number of hydrogen-bond donors (Lipinski definition) is 0. The van der Waals surface area contributed by atoms with Crippen LogP contribution in [0.4, 0.5) is 8.78 Å². The number of rotatable bonds is 8. The molecule has 0 atom stereocenters. The van der Waals surface area contributed by atoms with E-state index in [1.807, 2.05) is 6.07 Å². The van der Waals surface area contributed by atoms with Crippen LogP contribution in [0, 0.1) is 0 Å². The summed E-state index contributed by atoms with van der Waals surface area (Å²) in [6, 6.07) is 11.4. The largest absolute Gasteiger partial charge is 0.497 e. The van der Waals surface area contributed by atoms with Gasteiger partial charge in [0, 0.05) is 17.2 Å². The highest BCUT2D eigenvalue weighted by molar-refractivity contribution is 5.95. The Morgan fingerprint density at radius 2 is 1.89 bits per heavy atom. The van der Waals surface area contributed by atoms with Crippen LogP contribution >= 0.6 is 0 Å². The van der Waals surface area contributed by atoms with Crippen LogP contribution in [0.1, 0.15) is 28.8 Å². The monoisotopic (exact) mass is 377 g/mol. The fourth-order valence-electron chi connectivity index (χ4n) is 2.91. The van der Waals surface area contributed by atoms with E-state index in [9.17, 15) is 13.6 Å². The minimum absolute atomic E-state index is 0.0365. The van der Waals surface area contributed by atoms with E-state index in [-0.39, 0.29) is 17.7 Å². The quantitative estimate of drug-likeness (QED) is 0.695. The first-order chi connectivity index (χ1) is 13.0. The fraction of sp³-hybridized carbons (Fsp3) is 0.350. The van der Waals surface area contributed by atoms with E-state index in [4.69, 9.17) is 9.47 Å². The van der Waals surface area contributed by atoms with E-state index in [1.165, 1.54) is 18.2 Å². The molecule has 0 bridgehead atoms. The molecule has 27 heavy (non-hydrogen) atoms. The number of amides is 1. The molecule has 0 aliphatic heterocycles. The lowest BCUT2D eigenvalue weighted by molar-refractivity contribution is -0.0499. The SMILES string of the molecule is COc1ccc(OC)c(CN(C(=O)c2cccc(OC(F)F)c2)C2CC2)c1. The summed E-state index contributed by atoms with van der Waals surface area (Å²) in [5.74, 6) is 1.05. The Kier molecular flexibility index (Phi) is 5.78. The van der Waals surface area contributed by atoms with Gasteiger partial charge in [0.15, 0.2) is 0 Å². The van der Waals surface area contributed by atoms with Gasteiger partial charge in [0.1, 0.15) is 17.2 Å². The Morgan fingerprint density at radius 1 is 1.11 bits per heavy atom. The van der Waals surface area contributed by atoms with Crippen molar-refractivity contribution in [3.63, 3.8) is 0 Å². The van der Waals surface area contributed by atoms with Gasteiger partial charge >= 0.3 is 6.61 Å². The molecule has 3 rings (SSSR count). The minimum Gasteiger partial charge on any atom is -0.497 e. The Hall–Kier alpha value is -2.83. The maximum atomic E-state index is 13.0. The molecule has 0 aromatic heterocycles. The Bertz CT molecular complexity index is 808. The fourth-order valence-corrected chi connectivity index (χ4v) is 2.91. The second-order valence-electron chi connectivity index (χ2n) is 6.25. The molecule has 0 N–H and O–H groups in total. The van der Waals surface area contributed by atoms with Gasteiger partial charge in [0.25, 0.3) is 5.91 Å². The van der Waals surface area contributed by atoms with Crippen LogP contribution < -0.4 is 14.2 Å². The smallest absolute Gasteiger partial charge is 0.387 e. The second kappa shape index (κ2) is 8.24. The molecule has 1 fully saturated rings. The van der Waals surface area contributed by atoms with Crippen LogP contribution in [-0.2, 0) is 6.54 Å². The number of nitrogens with zero attached hydrogens (tertiary/aromatic N) is 1. The predicted octanol–water partition coefficient (Wildman–Crippen LogP) is 4.11. The van der Waals surface area contributed by atoms with Crippen molar-refractivity contribution in [1.29, 1.82) is 0 Å². The number of halogens is 2. The number of hydrogen-bond acceptors (Lipinski definition) is 4. The van der Waals surface area contributed by atoms with Crippen LogP contribution in [-0.4, -0.2) is 37.7 Å². The lowest BCUT2D eigenvalue weighted by Crippen LogP contribution is -2.32. The molecule has 1 amide bonds. The lowest BCUT2D eigenvalue weighted by atomic mass is 10.1. The highest BCUT2D eigenvalue weighted by atomic mass is 19.3. The van der Waals surface area contributed by atoms with Crippen LogP contribution in [0.15, 0.2) is 42.5 Å². The third kappa shape index (κ3) is 4.67. The standard InChI is InChI=1S/C20H21F2NO4/c1-25-16-8-9-18(26-2)14(11-16)12-23(15-6-7-15)19(24)13-4-3-5-17(10-13)27-20(21)22/h3-5,8-11,15,20H,6-7,12H2,1-2H3. The van der Waals surface area contributed by atoms with E-state index < -0.39 is 6.61 Å². The van der Waals surface area contributed by atoms with Gasteiger partial charge in [-0.05, 0) is 49.2 Å². The van der Waals surface area contributed by atoms with Crippen molar-refractivity contribution in [1.82, 2.24) is 4.90 Å². The number of carbonyl (C=O) groups excluding carboxylic acids is 1. The number of benzene rings is 2. The first kappa shape index (κ1) is 18.9. The van der Waals surface area contributed by atoms with Gasteiger partial charge in [0.2, 0.25) is 0 Å². The average molecular weight is 377 g/mol. The number of carbonyl (C=O) groups is 1. The molecule has 1 saturated carbocycles. The van der Waals surface area contributed by atoms with Crippen LogP contribution in [0.2, 0.25) is 0 Å². The predicted molar refractivity (Wildman–Crippen MR) is 95.5 cm³/mol. The summed E-state index contributed by atoms with van der Waals surface area (Å²) in [5.41, 5.74) is 1.12. The third-order valence-electron chi connectivity index (χ3n) is 4.38. The van der Waals surface area contributed by atoms with Gasteiger partial charge in [0.05, 0.1) is 20.8 Å². The molecule has 2 aromatic rings. The van der Waals surface area contributed by atoms with Crippen molar-refractivity contribution in [2.75, 3.05) is 14.2 Å². The molecular formula is C20H21F2NO4. The number of methoxy groups -OCH3 is 2. The molecular weight excluding hydrogens is 356 g/mol. The summed E-state index contributed by atoms with van der Waals surface area (Å²) in [6.07, 6.45) is 1.82. The highest BCUT2D eigenvalue weighted by Crippen LogP contribution is 2.33. The normalized spacial score (nSPS) is 13.4. The summed E-state index contributed by atoms with van der Waals surface area (Å²) in [5, 5.41) is 0. The maximum absolute atomic E-state index is 13.0. The van der Waals surface area contributed by atoms with Gasteiger partial charge in [-0.1, -0.05) is 6.07 Å². The van der Waals surface area contributed by atoms with E-state index >= 15 is 0 Å². The van der Waals surface area contributed by atoms with Crippen LogP contribution in [0.3, 0.4) is 0 Å². The molecule has 1 aliphatic rings. The van der Waals surface area contributed by atoms with Crippen molar-refractivity contribution in [3.05, 3.63) is 53.6 Å². The molecule has 5 nitrogen and oxygen atoms in total. The lowest BCUT2D eigenvalue weighted by Gasteiger charge is -2.24. The Morgan fingerprint density at radius 3 is 2.52 bits per heavy atom. The van der Waals surface area contributed by atoms with Crippen molar-refractivity contribution < 1.29 is 27.8 Å². The van der Waals surface area contributed by atoms with E-state index in [0.29, 0.717) is 23.6 Å². The number of ether oxygens (including phenoxy) is 3. The van der Waals surface area contributed by atoms with Gasteiger partial charge in [-0.25, -0.2) is 0 Å². The molecule has 0 heterocycles. The van der Waals surface area contributed by atoms with Crippen LogP contribution in [0.5, 0.6) is 17.2 Å². The van der Waals surface area contributed by atoms with Gasteiger partial charge in [-0.2, -0.15) is 8.78 Å². The average Bonchev–Trinajstić information content (AvgIpc) is 3.50. The first-order valence-electron chi connectivity index (χ1n) is 8.58. The van der Waals surface area contributed by atoms with Gasteiger partial charge < -0.3 is 19.1 Å². The van der Waals surface area contributed by atoms with Crippen molar-refractivity contribution in [2.45, 2.75) is 32.0 Å². The van der Waals surface area contributed by atoms with Gasteiger partial charge in [-0.15, -0.1) is 0 Å². The van der Waals surface area contributed by atoms with Crippen molar-refractivity contribution >= 4 is 5.91 Å². The molecule has 2 aromatic carbocycles. The third-order valence-corrected chi connectivity index (χ3v) is 4.38. The second-order valence-corrected chi connectivity index (χ2v) is 6.25. The summed E-state index contributed by atoms with van der Waals surface area (Å²) in [4.78, 5) is 14.8. The summed E-state index contributed by atoms with van der Waals surface area (Å²) < 4.78 is 40.0. The maximum Gasteiger partial charge on any atom is 0.387 e. The molecule has 1 aliphatic carbocycles. The number of alkyl halides is 2. The molecule has 144 valence electrons. The topological polar surface area (TPSA) is 48.0 Å². The summed E-state index contributed by atoms with van der Waals surface area (Å²) in [6.45, 7) is -2.60. The summed E-state index contributed by atoms with van der Waals surface area (Å²) >= 11 is 0.